The van der Waals surface area contributed by atoms with Gasteiger partial charge in [0.25, 0.3) is 5.56 Å². The first kappa shape index (κ1) is 26.2. The first-order valence-corrected chi connectivity index (χ1v) is 13.7. The van der Waals surface area contributed by atoms with Gasteiger partial charge in [-0.1, -0.05) is 53.3 Å². The number of hydrogen-bond donors (Lipinski definition) is 0. The summed E-state index contributed by atoms with van der Waals surface area (Å²) in [6.45, 7) is 2.00. The zero-order valence-electron chi connectivity index (χ0n) is 21.9. The molecule has 6 rings (SSSR count). The van der Waals surface area contributed by atoms with Crippen LogP contribution in [0.2, 0.25) is 5.02 Å². The van der Waals surface area contributed by atoms with Crippen LogP contribution in [0.1, 0.15) is 29.7 Å². The van der Waals surface area contributed by atoms with E-state index in [1.54, 1.807) is 30.7 Å². The summed E-state index contributed by atoms with van der Waals surface area (Å²) in [6.07, 6.45) is 1.81. The van der Waals surface area contributed by atoms with Gasteiger partial charge >= 0.3 is 5.97 Å². The Morgan fingerprint density at radius 3 is 2.75 bits per heavy atom. The molecule has 0 fully saturated rings. The predicted molar refractivity (Wildman–Crippen MR) is 151 cm³/mol. The van der Waals surface area contributed by atoms with Gasteiger partial charge in [0.2, 0.25) is 5.72 Å². The lowest BCUT2D eigenvalue weighted by Crippen LogP contribution is -2.58. The highest BCUT2D eigenvalue weighted by atomic mass is 35.5. The molecule has 0 amide bonds. The Bertz CT molecular complexity index is 1820. The second kappa shape index (κ2) is 10.1. The van der Waals surface area contributed by atoms with Gasteiger partial charge in [0, 0.05) is 16.1 Å². The molecule has 8 nitrogen and oxygen atoms in total. The minimum atomic E-state index is -1.22. The Labute approximate surface area is 238 Å². The van der Waals surface area contributed by atoms with Crippen molar-refractivity contribution in [2.24, 2.45) is 10.9 Å². The van der Waals surface area contributed by atoms with E-state index < -0.39 is 23.7 Å². The molecule has 4 aromatic rings. The highest BCUT2D eigenvalue weighted by Gasteiger charge is 2.55. The fourth-order valence-corrected chi connectivity index (χ4v) is 6.58. The highest BCUT2D eigenvalue weighted by Crippen LogP contribution is 2.47. The van der Waals surface area contributed by atoms with Crippen molar-refractivity contribution in [2.75, 3.05) is 14.2 Å². The second-order valence-electron chi connectivity index (χ2n) is 9.64. The van der Waals surface area contributed by atoms with Crippen molar-refractivity contribution in [1.29, 1.82) is 0 Å². The molecular formula is C30H25ClN2O6S. The van der Waals surface area contributed by atoms with Gasteiger partial charge < -0.3 is 18.9 Å². The molecule has 40 heavy (non-hydrogen) atoms. The van der Waals surface area contributed by atoms with Crippen LogP contribution in [0.5, 0.6) is 17.2 Å². The van der Waals surface area contributed by atoms with Crippen LogP contribution in [-0.4, -0.2) is 30.5 Å². The zero-order chi connectivity index (χ0) is 28.0. The summed E-state index contributed by atoms with van der Waals surface area (Å²) in [6, 6.07) is 19.6. The number of halogens is 1. The first-order valence-electron chi connectivity index (χ1n) is 12.6. The maximum absolute atomic E-state index is 13.9. The fourth-order valence-electron chi connectivity index (χ4n) is 5.30. The SMILES string of the molecule is COC(=O)[C@H]1[C@H]2c3ccccc3O[C@@]1(C)N=c1s/c(=C/c3ccc(OC)c(COc4cccc(Cl)c4)c3)c(=O)n12. The number of para-hydroxylation sites is 1. The number of benzene rings is 3. The van der Waals surface area contributed by atoms with E-state index in [1.807, 2.05) is 60.7 Å². The smallest absolute Gasteiger partial charge is 0.317 e. The summed E-state index contributed by atoms with van der Waals surface area (Å²) >= 11 is 7.34. The average Bonchev–Trinajstić information content (AvgIpc) is 3.24. The van der Waals surface area contributed by atoms with Crippen molar-refractivity contribution in [3.05, 3.63) is 108 Å². The van der Waals surface area contributed by atoms with Gasteiger partial charge in [-0.25, -0.2) is 4.99 Å². The summed E-state index contributed by atoms with van der Waals surface area (Å²) in [5.74, 6) is 0.577. The number of carbonyl (C=O) groups excluding carboxylic acids is 1. The van der Waals surface area contributed by atoms with Crippen molar-refractivity contribution in [2.45, 2.75) is 25.3 Å². The van der Waals surface area contributed by atoms with Gasteiger partial charge in [0.05, 0.1) is 24.8 Å². The van der Waals surface area contributed by atoms with Crippen molar-refractivity contribution in [3.8, 4) is 17.2 Å². The molecule has 0 unspecified atom stereocenters. The molecule has 2 aliphatic heterocycles. The number of hydrogen-bond acceptors (Lipinski definition) is 8. The summed E-state index contributed by atoms with van der Waals surface area (Å²) in [4.78, 5) is 32.1. The van der Waals surface area contributed by atoms with Crippen molar-refractivity contribution in [3.63, 3.8) is 0 Å². The topological polar surface area (TPSA) is 88.4 Å². The predicted octanol–water partition coefficient (Wildman–Crippen LogP) is 4.10. The molecule has 0 spiro atoms. The minimum absolute atomic E-state index is 0.242. The monoisotopic (exact) mass is 576 g/mol. The Kier molecular flexibility index (Phi) is 6.64. The van der Waals surface area contributed by atoms with Gasteiger partial charge in [-0.2, -0.15) is 0 Å². The lowest BCUT2D eigenvalue weighted by Gasteiger charge is -2.44. The Morgan fingerprint density at radius 1 is 1.15 bits per heavy atom. The Hall–Kier alpha value is -4.08. The van der Waals surface area contributed by atoms with Crippen LogP contribution < -0.4 is 29.1 Å². The summed E-state index contributed by atoms with van der Waals surface area (Å²) in [5.41, 5.74) is 0.874. The van der Waals surface area contributed by atoms with Crippen molar-refractivity contribution >= 4 is 35.0 Å². The van der Waals surface area contributed by atoms with E-state index in [2.05, 4.69) is 0 Å². The van der Waals surface area contributed by atoms with Crippen LogP contribution >= 0.6 is 22.9 Å². The van der Waals surface area contributed by atoms with Gasteiger partial charge in [0.1, 0.15) is 29.8 Å². The van der Waals surface area contributed by atoms with E-state index >= 15 is 0 Å². The number of ether oxygens (including phenoxy) is 4. The van der Waals surface area contributed by atoms with Crippen LogP contribution in [0.4, 0.5) is 0 Å². The molecule has 2 bridgehead atoms. The lowest BCUT2D eigenvalue weighted by atomic mass is 9.81. The first-order chi connectivity index (χ1) is 19.3. The van der Waals surface area contributed by atoms with E-state index in [0.717, 1.165) is 16.7 Å². The molecule has 1 aromatic heterocycles. The molecule has 0 N–H and O–H groups in total. The lowest BCUT2D eigenvalue weighted by molar-refractivity contribution is -0.158. The standard InChI is InChI=1S/C30H25ClN2O6S/c1-30-25(28(35)37-3)26(21-9-4-5-10-23(21)39-30)33-27(34)24(40-29(33)32-30)14-17-11-12-22(36-2)18(13-17)16-38-20-8-6-7-19(31)15-20/h4-15,25-26H,16H2,1-3H3/b24-14+/t25-,26-,30-/m1/s1. The number of carbonyl (C=O) groups is 1. The van der Waals surface area contributed by atoms with Crippen molar-refractivity contribution < 1.29 is 23.7 Å². The third kappa shape index (κ3) is 4.45. The number of thiazole rings is 1. The van der Waals surface area contributed by atoms with E-state index in [9.17, 15) is 9.59 Å². The quantitative estimate of drug-likeness (QED) is 0.321. The molecule has 204 valence electrons. The fraction of sp³-hybridized carbons (Fsp3) is 0.233. The third-order valence-electron chi connectivity index (χ3n) is 7.13. The number of nitrogens with zero attached hydrogens (tertiary/aromatic N) is 2. The molecule has 2 aliphatic rings. The largest absolute Gasteiger partial charge is 0.496 e. The molecule has 10 heteroatoms. The van der Waals surface area contributed by atoms with Crippen LogP contribution in [0.3, 0.4) is 0 Å². The van der Waals surface area contributed by atoms with Gasteiger partial charge in [0.15, 0.2) is 4.80 Å². The van der Waals surface area contributed by atoms with Crippen LogP contribution in [0.25, 0.3) is 6.08 Å². The molecule has 3 aromatic carbocycles. The van der Waals surface area contributed by atoms with E-state index in [0.29, 0.717) is 31.6 Å². The van der Waals surface area contributed by atoms with Gasteiger partial charge in [-0.15, -0.1) is 0 Å². The number of aromatic nitrogens is 1. The van der Waals surface area contributed by atoms with Crippen LogP contribution in [-0.2, 0) is 16.1 Å². The zero-order valence-corrected chi connectivity index (χ0v) is 23.5. The average molecular weight is 577 g/mol. The minimum Gasteiger partial charge on any atom is -0.496 e. The molecular weight excluding hydrogens is 552 g/mol. The number of esters is 1. The Balaban J connectivity index is 1.44. The number of fused-ring (bicyclic) bond motifs is 6. The normalized spacial score (nSPS) is 20.9. The third-order valence-corrected chi connectivity index (χ3v) is 8.35. The Morgan fingerprint density at radius 2 is 1.98 bits per heavy atom. The summed E-state index contributed by atoms with van der Waals surface area (Å²) < 4.78 is 24.9. The molecule has 0 saturated heterocycles. The van der Waals surface area contributed by atoms with Gasteiger partial charge in [-0.05, 0) is 55.0 Å². The number of methoxy groups -OCH3 is 2. The highest BCUT2D eigenvalue weighted by molar-refractivity contribution is 7.07. The molecule has 3 heterocycles. The van der Waals surface area contributed by atoms with E-state index in [4.69, 9.17) is 35.5 Å². The van der Waals surface area contributed by atoms with E-state index in [-0.39, 0.29) is 12.2 Å². The van der Waals surface area contributed by atoms with Crippen molar-refractivity contribution in [1.82, 2.24) is 4.57 Å². The number of rotatable bonds is 6. The van der Waals surface area contributed by atoms with Gasteiger partial charge in [-0.3, -0.25) is 14.2 Å². The maximum atomic E-state index is 13.9. The second-order valence-corrected chi connectivity index (χ2v) is 11.1. The molecule has 0 radical (unpaired) electrons. The van der Waals surface area contributed by atoms with Crippen LogP contribution in [0.15, 0.2) is 76.5 Å². The van der Waals surface area contributed by atoms with Crippen LogP contribution in [0, 0.1) is 5.92 Å². The molecule has 3 atom stereocenters. The maximum Gasteiger partial charge on any atom is 0.317 e. The molecule has 0 aliphatic carbocycles. The summed E-state index contributed by atoms with van der Waals surface area (Å²) in [7, 11) is 2.93. The molecule has 0 saturated carbocycles. The van der Waals surface area contributed by atoms with E-state index in [1.165, 1.54) is 18.4 Å². The summed E-state index contributed by atoms with van der Waals surface area (Å²) in [5, 5.41) is 0.583.